The molecule has 0 aromatic heterocycles. The monoisotopic (exact) mass is 268 g/mol. The molecule has 1 aliphatic heterocycles. The van der Waals surface area contributed by atoms with Gasteiger partial charge in [-0.05, 0) is 52.1 Å². The Balaban J connectivity index is 1.50. The molecule has 1 N–H and O–H groups in total. The van der Waals surface area contributed by atoms with Crippen LogP contribution in [0.1, 0.15) is 51.9 Å². The SMILES string of the molecule is CC(C(=O)NCCCOC1CCCC1)N1CCCC1. The van der Waals surface area contributed by atoms with Crippen LogP contribution in [0.2, 0.25) is 0 Å². The molecule has 2 rings (SSSR count). The van der Waals surface area contributed by atoms with Crippen LogP contribution in [-0.2, 0) is 9.53 Å². The van der Waals surface area contributed by atoms with E-state index >= 15 is 0 Å². The van der Waals surface area contributed by atoms with E-state index in [0.717, 1.165) is 32.7 Å². The number of ether oxygens (including phenoxy) is 1. The molecule has 2 fully saturated rings. The van der Waals surface area contributed by atoms with Gasteiger partial charge in [0.05, 0.1) is 12.1 Å². The van der Waals surface area contributed by atoms with Crippen molar-refractivity contribution in [1.82, 2.24) is 10.2 Å². The predicted octanol–water partition coefficient (Wildman–Crippen LogP) is 1.94. The first-order chi connectivity index (χ1) is 9.27. The summed E-state index contributed by atoms with van der Waals surface area (Å²) in [5, 5.41) is 3.02. The van der Waals surface area contributed by atoms with E-state index in [9.17, 15) is 4.79 Å². The van der Waals surface area contributed by atoms with Crippen LogP contribution in [0.5, 0.6) is 0 Å². The second-order valence-electron chi connectivity index (χ2n) is 5.84. The molecule has 1 saturated carbocycles. The normalized spacial score (nSPS) is 22.8. The molecule has 1 heterocycles. The predicted molar refractivity (Wildman–Crippen MR) is 76.1 cm³/mol. The number of likely N-dealkylation sites (tertiary alicyclic amines) is 1. The quantitative estimate of drug-likeness (QED) is 0.717. The van der Waals surface area contributed by atoms with E-state index in [2.05, 4.69) is 10.2 Å². The summed E-state index contributed by atoms with van der Waals surface area (Å²) in [6.45, 7) is 5.67. The molecule has 1 atom stereocenters. The van der Waals surface area contributed by atoms with Crippen molar-refractivity contribution in [3.05, 3.63) is 0 Å². The second kappa shape index (κ2) is 7.85. The van der Waals surface area contributed by atoms with Gasteiger partial charge in [0.1, 0.15) is 0 Å². The topological polar surface area (TPSA) is 41.6 Å². The van der Waals surface area contributed by atoms with E-state index in [4.69, 9.17) is 4.74 Å². The van der Waals surface area contributed by atoms with Gasteiger partial charge in [-0.1, -0.05) is 12.8 Å². The summed E-state index contributed by atoms with van der Waals surface area (Å²) in [6, 6.07) is 0.0262. The van der Waals surface area contributed by atoms with Gasteiger partial charge in [-0.15, -0.1) is 0 Å². The minimum Gasteiger partial charge on any atom is -0.378 e. The largest absolute Gasteiger partial charge is 0.378 e. The average molecular weight is 268 g/mol. The maximum absolute atomic E-state index is 12.0. The van der Waals surface area contributed by atoms with Gasteiger partial charge < -0.3 is 10.1 Å². The average Bonchev–Trinajstić information content (AvgIpc) is 3.10. The third kappa shape index (κ3) is 4.77. The fourth-order valence-electron chi connectivity index (χ4n) is 3.03. The summed E-state index contributed by atoms with van der Waals surface area (Å²) in [4.78, 5) is 14.2. The Labute approximate surface area is 116 Å². The van der Waals surface area contributed by atoms with E-state index in [1.165, 1.54) is 38.5 Å². The third-order valence-electron chi connectivity index (χ3n) is 4.34. The molecular weight excluding hydrogens is 240 g/mol. The summed E-state index contributed by atoms with van der Waals surface area (Å²) in [7, 11) is 0. The Kier molecular flexibility index (Phi) is 6.11. The lowest BCUT2D eigenvalue weighted by Crippen LogP contribution is -2.44. The van der Waals surface area contributed by atoms with Gasteiger partial charge in [0.15, 0.2) is 0 Å². The maximum Gasteiger partial charge on any atom is 0.237 e. The fraction of sp³-hybridized carbons (Fsp3) is 0.933. The van der Waals surface area contributed by atoms with Gasteiger partial charge in [-0.25, -0.2) is 0 Å². The number of amides is 1. The molecule has 2 aliphatic rings. The fourth-order valence-corrected chi connectivity index (χ4v) is 3.03. The van der Waals surface area contributed by atoms with Crippen molar-refractivity contribution in [3.63, 3.8) is 0 Å². The van der Waals surface area contributed by atoms with Crippen molar-refractivity contribution in [1.29, 1.82) is 0 Å². The zero-order valence-electron chi connectivity index (χ0n) is 12.2. The molecule has 1 unspecified atom stereocenters. The first-order valence-corrected chi connectivity index (χ1v) is 7.91. The zero-order valence-corrected chi connectivity index (χ0v) is 12.2. The molecule has 0 spiro atoms. The Hall–Kier alpha value is -0.610. The highest BCUT2D eigenvalue weighted by atomic mass is 16.5. The Morgan fingerprint density at radius 1 is 1.26 bits per heavy atom. The Bertz CT molecular complexity index is 271. The number of hydrogen-bond acceptors (Lipinski definition) is 3. The van der Waals surface area contributed by atoms with E-state index in [-0.39, 0.29) is 11.9 Å². The van der Waals surface area contributed by atoms with Gasteiger partial charge in [0, 0.05) is 13.2 Å². The zero-order chi connectivity index (χ0) is 13.5. The highest BCUT2D eigenvalue weighted by Gasteiger charge is 2.23. The highest BCUT2D eigenvalue weighted by Crippen LogP contribution is 2.20. The van der Waals surface area contributed by atoms with E-state index < -0.39 is 0 Å². The standard InChI is InChI=1S/C15H28N2O2/c1-13(17-10-4-5-11-17)15(18)16-9-6-12-19-14-7-2-3-8-14/h13-14H,2-12H2,1H3,(H,16,18). The lowest BCUT2D eigenvalue weighted by Gasteiger charge is -2.22. The van der Waals surface area contributed by atoms with E-state index in [1.807, 2.05) is 6.92 Å². The molecule has 19 heavy (non-hydrogen) atoms. The number of nitrogens with zero attached hydrogens (tertiary/aromatic N) is 1. The molecule has 4 heteroatoms. The number of nitrogens with one attached hydrogen (secondary N) is 1. The van der Waals surface area contributed by atoms with Gasteiger partial charge in [-0.3, -0.25) is 9.69 Å². The first-order valence-electron chi connectivity index (χ1n) is 7.91. The number of carbonyl (C=O) groups is 1. The van der Waals surface area contributed by atoms with Crippen LogP contribution in [0, 0.1) is 0 Å². The smallest absolute Gasteiger partial charge is 0.237 e. The number of hydrogen-bond donors (Lipinski definition) is 1. The van der Waals surface area contributed by atoms with E-state index in [0.29, 0.717) is 6.10 Å². The molecule has 1 aliphatic carbocycles. The van der Waals surface area contributed by atoms with Crippen molar-refractivity contribution in [2.24, 2.45) is 0 Å². The molecule has 1 amide bonds. The van der Waals surface area contributed by atoms with Gasteiger partial charge in [0.25, 0.3) is 0 Å². The van der Waals surface area contributed by atoms with Crippen LogP contribution < -0.4 is 5.32 Å². The van der Waals surface area contributed by atoms with Crippen LogP contribution in [0.4, 0.5) is 0 Å². The molecule has 0 radical (unpaired) electrons. The lowest BCUT2D eigenvalue weighted by atomic mass is 10.2. The highest BCUT2D eigenvalue weighted by molar-refractivity contribution is 5.81. The Morgan fingerprint density at radius 3 is 2.63 bits per heavy atom. The van der Waals surface area contributed by atoms with Gasteiger partial charge in [-0.2, -0.15) is 0 Å². The van der Waals surface area contributed by atoms with Crippen LogP contribution in [0.15, 0.2) is 0 Å². The summed E-state index contributed by atoms with van der Waals surface area (Å²) < 4.78 is 5.78. The van der Waals surface area contributed by atoms with Crippen molar-refractivity contribution >= 4 is 5.91 Å². The third-order valence-corrected chi connectivity index (χ3v) is 4.34. The van der Waals surface area contributed by atoms with Gasteiger partial charge >= 0.3 is 0 Å². The van der Waals surface area contributed by atoms with Crippen LogP contribution in [-0.4, -0.2) is 49.2 Å². The lowest BCUT2D eigenvalue weighted by molar-refractivity contribution is -0.125. The van der Waals surface area contributed by atoms with E-state index in [1.54, 1.807) is 0 Å². The summed E-state index contributed by atoms with van der Waals surface area (Å²) in [5.74, 6) is 0.169. The Morgan fingerprint density at radius 2 is 1.95 bits per heavy atom. The molecule has 0 bridgehead atoms. The molecule has 110 valence electrons. The number of carbonyl (C=O) groups excluding carboxylic acids is 1. The maximum atomic E-state index is 12.0. The summed E-state index contributed by atoms with van der Waals surface area (Å²) in [5.41, 5.74) is 0. The first kappa shape index (κ1) is 14.8. The van der Waals surface area contributed by atoms with Crippen molar-refractivity contribution in [2.45, 2.75) is 64.0 Å². The molecular formula is C15H28N2O2. The second-order valence-corrected chi connectivity index (χ2v) is 5.84. The molecule has 0 aromatic rings. The van der Waals surface area contributed by atoms with Crippen LogP contribution in [0.3, 0.4) is 0 Å². The molecule has 1 saturated heterocycles. The molecule has 0 aromatic carbocycles. The minimum atomic E-state index is 0.0262. The van der Waals surface area contributed by atoms with Crippen molar-refractivity contribution in [3.8, 4) is 0 Å². The van der Waals surface area contributed by atoms with Crippen molar-refractivity contribution < 1.29 is 9.53 Å². The van der Waals surface area contributed by atoms with Crippen LogP contribution >= 0.6 is 0 Å². The van der Waals surface area contributed by atoms with Crippen molar-refractivity contribution in [2.75, 3.05) is 26.2 Å². The minimum absolute atomic E-state index is 0.0262. The summed E-state index contributed by atoms with van der Waals surface area (Å²) >= 11 is 0. The van der Waals surface area contributed by atoms with Crippen LogP contribution in [0.25, 0.3) is 0 Å². The molecule has 4 nitrogen and oxygen atoms in total. The van der Waals surface area contributed by atoms with Gasteiger partial charge in [0.2, 0.25) is 5.91 Å². The number of rotatable bonds is 7. The summed E-state index contributed by atoms with van der Waals surface area (Å²) in [6.07, 6.45) is 8.94.